The van der Waals surface area contributed by atoms with Crippen LogP contribution in [0.15, 0.2) is 77.1 Å². The summed E-state index contributed by atoms with van der Waals surface area (Å²) in [5, 5.41) is 7.47. The normalized spacial score (nSPS) is 16.1. The van der Waals surface area contributed by atoms with Gasteiger partial charge in [-0.15, -0.1) is 11.3 Å². The third kappa shape index (κ3) is 5.84. The molecule has 0 saturated carbocycles. The van der Waals surface area contributed by atoms with Crippen molar-refractivity contribution in [1.82, 2.24) is 10.6 Å². The highest BCUT2D eigenvalue weighted by Gasteiger charge is 2.32. The van der Waals surface area contributed by atoms with E-state index in [1.807, 2.05) is 72.1 Å². The lowest BCUT2D eigenvalue weighted by molar-refractivity contribution is -0.130. The van der Waals surface area contributed by atoms with Crippen LogP contribution in [0.1, 0.15) is 35.8 Å². The van der Waals surface area contributed by atoms with Crippen molar-refractivity contribution in [3.05, 3.63) is 88.1 Å². The summed E-state index contributed by atoms with van der Waals surface area (Å²) in [6, 6.07) is 20.3. The Hall–Kier alpha value is -3.78. The molecule has 35 heavy (non-hydrogen) atoms. The fourth-order valence-electron chi connectivity index (χ4n) is 3.96. The molecule has 8 heteroatoms. The Kier molecular flexibility index (Phi) is 7.72. The van der Waals surface area contributed by atoms with Crippen LogP contribution >= 0.6 is 11.3 Å². The molecular weight excluding hydrogens is 460 g/mol. The van der Waals surface area contributed by atoms with Crippen LogP contribution in [0.25, 0.3) is 0 Å². The van der Waals surface area contributed by atoms with E-state index in [2.05, 4.69) is 15.6 Å². The van der Waals surface area contributed by atoms with Crippen LogP contribution in [0.5, 0.6) is 0 Å². The Morgan fingerprint density at radius 2 is 1.80 bits per heavy atom. The Morgan fingerprint density at radius 3 is 2.54 bits per heavy atom. The van der Waals surface area contributed by atoms with E-state index in [9.17, 15) is 14.4 Å². The summed E-state index contributed by atoms with van der Waals surface area (Å²) in [5.41, 5.74) is 2.98. The molecule has 1 unspecified atom stereocenters. The number of anilines is 1. The number of aliphatic imine (C=N–C) groups is 1. The average Bonchev–Trinajstić information content (AvgIpc) is 3.36. The van der Waals surface area contributed by atoms with Crippen LogP contribution in [0.4, 0.5) is 5.69 Å². The molecule has 7 nitrogen and oxygen atoms in total. The zero-order valence-corrected chi connectivity index (χ0v) is 20.5. The van der Waals surface area contributed by atoms with Gasteiger partial charge in [0.2, 0.25) is 18.0 Å². The highest BCUT2D eigenvalue weighted by molar-refractivity contribution is 7.09. The molecule has 2 aromatic carbocycles. The molecule has 1 aliphatic rings. The van der Waals surface area contributed by atoms with Crippen molar-refractivity contribution in [2.24, 2.45) is 4.99 Å². The number of aryl methyl sites for hydroxylation is 1. The second kappa shape index (κ2) is 11.1. The molecule has 1 aromatic heterocycles. The summed E-state index contributed by atoms with van der Waals surface area (Å²) in [6.07, 6.45) is 0.738. The first-order chi connectivity index (χ1) is 16.9. The topological polar surface area (TPSA) is 90.9 Å². The molecule has 180 valence electrons. The Bertz CT molecular complexity index is 1220. The van der Waals surface area contributed by atoms with Gasteiger partial charge in [0.25, 0.3) is 5.91 Å². The number of thiophene rings is 1. The van der Waals surface area contributed by atoms with E-state index >= 15 is 0 Å². The Balaban J connectivity index is 1.46. The number of hydrogen-bond donors (Lipinski definition) is 2. The predicted molar refractivity (Wildman–Crippen MR) is 139 cm³/mol. The number of fused-ring (bicyclic) bond motifs is 1. The first-order valence-electron chi connectivity index (χ1n) is 11.6. The molecule has 3 amide bonds. The van der Waals surface area contributed by atoms with E-state index in [1.54, 1.807) is 25.3 Å². The van der Waals surface area contributed by atoms with Crippen LogP contribution in [0.2, 0.25) is 0 Å². The molecule has 0 spiro atoms. The number of carbonyl (C=O) groups excluding carboxylic acids is 3. The molecule has 0 bridgehead atoms. The number of likely N-dealkylation sites (N-methyl/N-ethyl adjacent to an activating group) is 1. The van der Waals surface area contributed by atoms with Gasteiger partial charge in [-0.3, -0.25) is 14.4 Å². The Morgan fingerprint density at radius 1 is 1.06 bits per heavy atom. The molecule has 0 fully saturated rings. The van der Waals surface area contributed by atoms with Gasteiger partial charge in [-0.05, 0) is 37.3 Å². The molecule has 0 saturated heterocycles. The smallest absolute Gasteiger partial charge is 0.272 e. The Labute approximate surface area is 208 Å². The number of nitrogens with zero attached hydrogens (tertiary/aromatic N) is 2. The number of carbonyl (C=O) groups is 3. The SMILES string of the molecule is CC(NC(=O)CCCc1cccs1)C(=O)N[C@H]1N=C(c2ccccc2)c2ccccc2N(C)C1=O. The highest BCUT2D eigenvalue weighted by atomic mass is 32.1. The van der Waals surface area contributed by atoms with E-state index in [0.717, 1.165) is 17.5 Å². The minimum atomic E-state index is -1.12. The van der Waals surface area contributed by atoms with Gasteiger partial charge in [0.15, 0.2) is 0 Å². The van der Waals surface area contributed by atoms with Gasteiger partial charge in [-0.2, -0.15) is 0 Å². The fourth-order valence-corrected chi connectivity index (χ4v) is 4.71. The molecule has 2 N–H and O–H groups in total. The molecule has 2 heterocycles. The first kappa shape index (κ1) is 24.3. The molecular formula is C27H28N4O3S. The van der Waals surface area contributed by atoms with Crippen LogP contribution < -0.4 is 15.5 Å². The van der Waals surface area contributed by atoms with Gasteiger partial charge < -0.3 is 15.5 Å². The monoisotopic (exact) mass is 488 g/mol. The number of rotatable bonds is 8. The zero-order chi connectivity index (χ0) is 24.8. The highest BCUT2D eigenvalue weighted by Crippen LogP contribution is 2.27. The lowest BCUT2D eigenvalue weighted by atomic mass is 10.0. The minimum Gasteiger partial charge on any atom is -0.345 e. The maximum absolute atomic E-state index is 13.2. The molecule has 0 aliphatic carbocycles. The van der Waals surface area contributed by atoms with Crippen LogP contribution in [0, 0.1) is 0 Å². The summed E-state index contributed by atoms with van der Waals surface area (Å²) in [7, 11) is 1.67. The maximum atomic E-state index is 13.2. The van der Waals surface area contributed by atoms with Crippen molar-refractivity contribution in [3.8, 4) is 0 Å². The second-order valence-electron chi connectivity index (χ2n) is 8.39. The van der Waals surface area contributed by atoms with Gasteiger partial charge in [0, 0.05) is 29.5 Å². The average molecular weight is 489 g/mol. The first-order valence-corrected chi connectivity index (χ1v) is 12.4. The molecule has 1 aliphatic heterocycles. The summed E-state index contributed by atoms with van der Waals surface area (Å²) in [6.45, 7) is 1.61. The molecule has 0 radical (unpaired) electrons. The van der Waals surface area contributed by atoms with E-state index in [4.69, 9.17) is 0 Å². The zero-order valence-electron chi connectivity index (χ0n) is 19.7. The van der Waals surface area contributed by atoms with Crippen molar-refractivity contribution < 1.29 is 14.4 Å². The minimum absolute atomic E-state index is 0.200. The largest absolute Gasteiger partial charge is 0.345 e. The van der Waals surface area contributed by atoms with E-state index in [1.165, 1.54) is 9.78 Å². The van der Waals surface area contributed by atoms with E-state index in [0.29, 0.717) is 24.2 Å². The van der Waals surface area contributed by atoms with Crippen LogP contribution in [-0.2, 0) is 20.8 Å². The van der Waals surface area contributed by atoms with E-state index < -0.39 is 18.1 Å². The number of amides is 3. The van der Waals surface area contributed by atoms with Gasteiger partial charge >= 0.3 is 0 Å². The van der Waals surface area contributed by atoms with Crippen molar-refractivity contribution in [1.29, 1.82) is 0 Å². The van der Waals surface area contributed by atoms with Gasteiger partial charge in [0.1, 0.15) is 6.04 Å². The van der Waals surface area contributed by atoms with Crippen molar-refractivity contribution in [3.63, 3.8) is 0 Å². The van der Waals surface area contributed by atoms with E-state index in [-0.39, 0.29) is 11.8 Å². The summed E-state index contributed by atoms with van der Waals surface area (Å²) < 4.78 is 0. The molecule has 4 rings (SSSR count). The van der Waals surface area contributed by atoms with Crippen LogP contribution in [0.3, 0.4) is 0 Å². The van der Waals surface area contributed by atoms with Crippen molar-refractivity contribution in [2.75, 3.05) is 11.9 Å². The summed E-state index contributed by atoms with van der Waals surface area (Å²) >= 11 is 1.66. The molecule has 3 aromatic rings. The predicted octanol–water partition coefficient (Wildman–Crippen LogP) is 3.53. The molecule has 2 atom stereocenters. The third-order valence-electron chi connectivity index (χ3n) is 5.85. The van der Waals surface area contributed by atoms with Crippen molar-refractivity contribution in [2.45, 2.75) is 38.4 Å². The number of para-hydroxylation sites is 1. The lowest BCUT2D eigenvalue weighted by Crippen LogP contribution is -2.52. The number of hydrogen-bond acceptors (Lipinski definition) is 5. The number of benzene rings is 2. The lowest BCUT2D eigenvalue weighted by Gasteiger charge is -2.22. The quantitative estimate of drug-likeness (QED) is 0.508. The second-order valence-corrected chi connectivity index (χ2v) is 9.42. The van der Waals surface area contributed by atoms with Gasteiger partial charge in [-0.25, -0.2) is 4.99 Å². The maximum Gasteiger partial charge on any atom is 0.272 e. The third-order valence-corrected chi connectivity index (χ3v) is 6.78. The fraction of sp³-hybridized carbons (Fsp3) is 0.259. The number of nitrogens with one attached hydrogen (secondary N) is 2. The van der Waals surface area contributed by atoms with Gasteiger partial charge in [0.05, 0.1) is 11.4 Å². The summed E-state index contributed by atoms with van der Waals surface area (Å²) in [4.78, 5) is 45.9. The standard InChI is InChI=1S/C27H28N4O3S/c1-18(28-23(32)16-8-12-20-13-9-17-35-20)26(33)30-25-27(34)31(2)22-15-7-6-14-21(22)24(29-25)19-10-4-3-5-11-19/h3-7,9-11,13-15,17-18,25H,8,12,16H2,1-2H3,(H,28,32)(H,30,33)/t18?,25-/m1/s1. The summed E-state index contributed by atoms with van der Waals surface area (Å²) in [5.74, 6) is -1.02. The van der Waals surface area contributed by atoms with Crippen molar-refractivity contribution >= 4 is 40.5 Å². The van der Waals surface area contributed by atoms with Crippen LogP contribution in [-0.4, -0.2) is 42.7 Å². The number of benzodiazepines with no additional fused rings is 1. The van der Waals surface area contributed by atoms with Gasteiger partial charge in [-0.1, -0.05) is 54.6 Å².